The van der Waals surface area contributed by atoms with E-state index in [-0.39, 0.29) is 22.3 Å². The van der Waals surface area contributed by atoms with Gasteiger partial charge in [0.15, 0.2) is 5.76 Å². The largest absolute Gasteiger partial charge is 0.455 e. The molecular weight excluding hydrogens is 256 g/mol. The Morgan fingerprint density at radius 1 is 1.33 bits per heavy atom. The van der Waals surface area contributed by atoms with Gasteiger partial charge in [-0.05, 0) is 26.2 Å². The number of piperidine rings is 1. The van der Waals surface area contributed by atoms with Crippen LogP contribution in [0, 0.1) is 6.92 Å². The van der Waals surface area contributed by atoms with E-state index >= 15 is 0 Å². The molecule has 1 aromatic rings. The van der Waals surface area contributed by atoms with E-state index < -0.39 is 10.0 Å². The Morgan fingerprint density at radius 3 is 2.44 bits per heavy atom. The lowest BCUT2D eigenvalue weighted by Crippen LogP contribution is -2.35. The van der Waals surface area contributed by atoms with Crippen LogP contribution in [0.15, 0.2) is 15.4 Å². The Morgan fingerprint density at radius 2 is 1.94 bits per heavy atom. The van der Waals surface area contributed by atoms with Crippen LogP contribution in [0.2, 0.25) is 0 Å². The van der Waals surface area contributed by atoms with Crippen molar-refractivity contribution in [1.82, 2.24) is 4.90 Å². The van der Waals surface area contributed by atoms with Crippen LogP contribution >= 0.6 is 0 Å². The van der Waals surface area contributed by atoms with Crippen molar-refractivity contribution in [3.05, 3.63) is 17.6 Å². The molecule has 0 bridgehead atoms. The maximum absolute atomic E-state index is 12.1. The molecule has 0 unspecified atom stereocenters. The zero-order valence-electron chi connectivity index (χ0n) is 10.2. The van der Waals surface area contributed by atoms with Crippen molar-refractivity contribution in [3.63, 3.8) is 0 Å². The molecule has 1 fully saturated rings. The van der Waals surface area contributed by atoms with E-state index in [0.717, 1.165) is 19.3 Å². The Kier molecular flexibility index (Phi) is 3.45. The second-order valence-electron chi connectivity index (χ2n) is 4.43. The Balaban J connectivity index is 2.26. The van der Waals surface area contributed by atoms with Gasteiger partial charge in [0, 0.05) is 19.2 Å². The van der Waals surface area contributed by atoms with Crippen molar-refractivity contribution in [2.24, 2.45) is 5.14 Å². The Hall–Kier alpha value is -1.34. The number of nitrogens with two attached hydrogens (primary N) is 1. The van der Waals surface area contributed by atoms with Gasteiger partial charge in [-0.1, -0.05) is 0 Å². The molecule has 2 heterocycles. The summed E-state index contributed by atoms with van der Waals surface area (Å²) in [5.74, 6) is -0.0796. The summed E-state index contributed by atoms with van der Waals surface area (Å²) in [5, 5.41) is 5.04. The van der Waals surface area contributed by atoms with Gasteiger partial charge in [0.1, 0.15) is 10.7 Å². The first kappa shape index (κ1) is 13.1. The molecule has 1 saturated heterocycles. The number of carbonyl (C=O) groups excluding carboxylic acids is 1. The first-order valence-electron chi connectivity index (χ1n) is 5.82. The van der Waals surface area contributed by atoms with Crippen molar-refractivity contribution >= 4 is 15.9 Å². The van der Waals surface area contributed by atoms with E-state index in [1.54, 1.807) is 4.90 Å². The summed E-state index contributed by atoms with van der Waals surface area (Å²) in [6.07, 6.45) is 3.05. The van der Waals surface area contributed by atoms with Crippen LogP contribution in [0.4, 0.5) is 0 Å². The van der Waals surface area contributed by atoms with Gasteiger partial charge in [-0.3, -0.25) is 4.79 Å². The molecule has 1 aliphatic heterocycles. The number of aryl methyl sites for hydroxylation is 1. The third-order valence-corrected chi connectivity index (χ3v) is 4.05. The van der Waals surface area contributed by atoms with E-state index in [1.807, 2.05) is 0 Å². The zero-order valence-corrected chi connectivity index (χ0v) is 11.0. The van der Waals surface area contributed by atoms with Crippen LogP contribution in [0.1, 0.15) is 35.6 Å². The van der Waals surface area contributed by atoms with Crippen LogP contribution in [0.25, 0.3) is 0 Å². The highest BCUT2D eigenvalue weighted by molar-refractivity contribution is 7.89. The fourth-order valence-electron chi connectivity index (χ4n) is 2.11. The smallest absolute Gasteiger partial charge is 0.289 e. The van der Waals surface area contributed by atoms with Crippen LogP contribution < -0.4 is 5.14 Å². The molecule has 18 heavy (non-hydrogen) atoms. The molecule has 6 nitrogen and oxygen atoms in total. The highest BCUT2D eigenvalue weighted by Gasteiger charge is 2.25. The summed E-state index contributed by atoms with van der Waals surface area (Å²) in [6.45, 7) is 2.85. The predicted molar refractivity (Wildman–Crippen MR) is 64.6 cm³/mol. The molecule has 2 rings (SSSR count). The summed E-state index contributed by atoms with van der Waals surface area (Å²) in [6, 6.07) is 1.21. The lowest BCUT2D eigenvalue weighted by molar-refractivity contribution is 0.0690. The molecule has 0 aromatic carbocycles. The standard InChI is InChI=1S/C11H16N2O4S/c1-8-10(18(12,15)16)7-9(17-8)11(14)13-5-3-2-4-6-13/h7H,2-6H2,1H3,(H2,12,15,16). The Bertz CT molecular complexity index is 556. The van der Waals surface area contributed by atoms with E-state index in [9.17, 15) is 13.2 Å². The minimum atomic E-state index is -3.84. The van der Waals surface area contributed by atoms with E-state index in [1.165, 1.54) is 13.0 Å². The second kappa shape index (κ2) is 4.74. The molecule has 1 aliphatic rings. The van der Waals surface area contributed by atoms with Crippen molar-refractivity contribution in [3.8, 4) is 0 Å². The quantitative estimate of drug-likeness (QED) is 0.864. The third-order valence-electron chi connectivity index (χ3n) is 3.03. The van der Waals surface area contributed by atoms with Gasteiger partial charge in [0.2, 0.25) is 10.0 Å². The fourth-order valence-corrected chi connectivity index (χ4v) is 2.82. The first-order chi connectivity index (χ1) is 8.39. The SMILES string of the molecule is Cc1oc(C(=O)N2CCCCC2)cc1S(N)(=O)=O. The number of nitrogens with zero attached hydrogens (tertiary/aromatic N) is 1. The molecule has 1 aromatic heterocycles. The molecule has 0 radical (unpaired) electrons. The van der Waals surface area contributed by atoms with E-state index in [4.69, 9.17) is 9.56 Å². The Labute approximate surface area is 106 Å². The third kappa shape index (κ3) is 2.56. The zero-order chi connectivity index (χ0) is 13.3. The van der Waals surface area contributed by atoms with Crippen molar-refractivity contribution in [1.29, 1.82) is 0 Å². The van der Waals surface area contributed by atoms with Crippen molar-refractivity contribution in [2.75, 3.05) is 13.1 Å². The fraction of sp³-hybridized carbons (Fsp3) is 0.545. The number of hydrogen-bond donors (Lipinski definition) is 1. The van der Waals surface area contributed by atoms with Gasteiger partial charge in [-0.15, -0.1) is 0 Å². The number of primary sulfonamides is 1. The van der Waals surface area contributed by atoms with Gasteiger partial charge in [0.25, 0.3) is 5.91 Å². The highest BCUT2D eigenvalue weighted by Crippen LogP contribution is 2.21. The van der Waals surface area contributed by atoms with Crippen LogP contribution in [-0.2, 0) is 10.0 Å². The summed E-state index contributed by atoms with van der Waals surface area (Å²) in [7, 11) is -3.84. The number of amides is 1. The summed E-state index contributed by atoms with van der Waals surface area (Å²) >= 11 is 0. The van der Waals surface area contributed by atoms with Crippen LogP contribution in [0.3, 0.4) is 0 Å². The van der Waals surface area contributed by atoms with Gasteiger partial charge >= 0.3 is 0 Å². The van der Waals surface area contributed by atoms with E-state index in [0.29, 0.717) is 13.1 Å². The molecule has 100 valence electrons. The molecule has 0 spiro atoms. The van der Waals surface area contributed by atoms with Gasteiger partial charge in [-0.2, -0.15) is 0 Å². The highest BCUT2D eigenvalue weighted by atomic mass is 32.2. The molecule has 0 atom stereocenters. The number of hydrogen-bond acceptors (Lipinski definition) is 4. The maximum atomic E-state index is 12.1. The topological polar surface area (TPSA) is 93.6 Å². The number of likely N-dealkylation sites (tertiary alicyclic amines) is 1. The number of sulfonamides is 1. The molecule has 7 heteroatoms. The lowest BCUT2D eigenvalue weighted by atomic mass is 10.1. The number of carbonyl (C=O) groups is 1. The van der Waals surface area contributed by atoms with Crippen LogP contribution in [0.5, 0.6) is 0 Å². The summed E-state index contributed by atoms with van der Waals surface area (Å²) < 4.78 is 27.7. The first-order valence-corrected chi connectivity index (χ1v) is 7.37. The van der Waals surface area contributed by atoms with Gasteiger partial charge < -0.3 is 9.32 Å². The number of rotatable bonds is 2. The predicted octanol–water partition coefficient (Wildman–Crippen LogP) is 0.862. The van der Waals surface area contributed by atoms with Crippen molar-refractivity contribution < 1.29 is 17.6 Å². The summed E-state index contributed by atoms with van der Waals surface area (Å²) in [4.78, 5) is 13.6. The maximum Gasteiger partial charge on any atom is 0.289 e. The van der Waals surface area contributed by atoms with Crippen molar-refractivity contribution in [2.45, 2.75) is 31.1 Å². The normalized spacial score (nSPS) is 16.9. The number of furan rings is 1. The average Bonchev–Trinajstić information content (AvgIpc) is 2.71. The monoisotopic (exact) mass is 272 g/mol. The molecule has 2 N–H and O–H groups in total. The summed E-state index contributed by atoms with van der Waals surface area (Å²) in [5.41, 5.74) is 0. The van der Waals surface area contributed by atoms with Gasteiger partial charge in [-0.25, -0.2) is 13.6 Å². The molecule has 1 amide bonds. The van der Waals surface area contributed by atoms with E-state index in [2.05, 4.69) is 0 Å². The molecule has 0 aliphatic carbocycles. The molecule has 0 saturated carbocycles. The average molecular weight is 272 g/mol. The minimum Gasteiger partial charge on any atom is -0.455 e. The second-order valence-corrected chi connectivity index (χ2v) is 5.96. The lowest BCUT2D eigenvalue weighted by Gasteiger charge is -2.25. The van der Waals surface area contributed by atoms with Gasteiger partial charge in [0.05, 0.1) is 0 Å². The minimum absolute atomic E-state index is 0.0402. The van der Waals surface area contributed by atoms with Crippen LogP contribution in [-0.4, -0.2) is 32.3 Å². The molecular formula is C11H16N2O4S.